The second-order valence-corrected chi connectivity index (χ2v) is 12.5. The quantitative estimate of drug-likeness (QED) is 0.138. The Bertz CT molecular complexity index is 1460. The van der Waals surface area contributed by atoms with E-state index in [0.717, 1.165) is 23.4 Å². The Hall–Kier alpha value is -3.91. The van der Waals surface area contributed by atoms with E-state index in [9.17, 15) is 31.5 Å². The number of rotatable bonds is 13. The Morgan fingerprint density at radius 3 is 2.17 bits per heavy atom. The van der Waals surface area contributed by atoms with Gasteiger partial charge < -0.3 is 25.4 Å². The highest BCUT2D eigenvalue weighted by molar-refractivity contribution is 7.99. The molecular formula is C32H38F5N3O5S. The number of carboxylic acid groups (broad SMARTS) is 2. The van der Waals surface area contributed by atoms with Crippen molar-refractivity contribution < 1.29 is 46.5 Å². The molecule has 1 heterocycles. The summed E-state index contributed by atoms with van der Waals surface area (Å²) in [6, 6.07) is 14.6. The van der Waals surface area contributed by atoms with Crippen molar-refractivity contribution in [2.75, 3.05) is 24.6 Å². The topological polar surface area (TPSA) is 126 Å². The van der Waals surface area contributed by atoms with Gasteiger partial charge in [-0.2, -0.15) is 24.9 Å². The third-order valence-corrected chi connectivity index (χ3v) is 7.57. The number of halogens is 5. The number of hydrogen-bond donors (Lipinski definition) is 3. The molecule has 0 aliphatic rings. The molecule has 46 heavy (non-hydrogen) atoms. The lowest BCUT2D eigenvalue weighted by Gasteiger charge is -2.41. The maximum Gasteiger partial charge on any atom is 0.490 e. The highest BCUT2D eigenvalue weighted by Crippen LogP contribution is 2.41. The number of amides is 1. The highest BCUT2D eigenvalue weighted by Gasteiger charge is 2.38. The first kappa shape index (κ1) is 38.3. The molecule has 1 amide bonds. The van der Waals surface area contributed by atoms with Gasteiger partial charge in [0.15, 0.2) is 0 Å². The zero-order valence-electron chi connectivity index (χ0n) is 25.7. The minimum atomic E-state index is -5.08. The molecule has 1 atom stereocenters. The van der Waals surface area contributed by atoms with Crippen LogP contribution in [0.3, 0.4) is 0 Å². The van der Waals surface area contributed by atoms with E-state index in [-0.39, 0.29) is 23.6 Å². The summed E-state index contributed by atoms with van der Waals surface area (Å²) in [7, 11) is 0. The van der Waals surface area contributed by atoms with E-state index in [1.165, 1.54) is 17.8 Å². The van der Waals surface area contributed by atoms with E-state index >= 15 is 0 Å². The monoisotopic (exact) mass is 671 g/mol. The lowest BCUT2D eigenvalue weighted by molar-refractivity contribution is -0.192. The molecule has 1 aromatic heterocycles. The van der Waals surface area contributed by atoms with Crippen LogP contribution in [0.1, 0.15) is 50.9 Å². The summed E-state index contributed by atoms with van der Waals surface area (Å²) in [6.45, 7) is 7.42. The summed E-state index contributed by atoms with van der Waals surface area (Å²) >= 11 is 1.29. The average Bonchev–Trinajstić information content (AvgIpc) is 3.36. The second-order valence-electron chi connectivity index (χ2n) is 11.4. The van der Waals surface area contributed by atoms with Gasteiger partial charge in [-0.25, -0.2) is 13.6 Å². The minimum absolute atomic E-state index is 0.0219. The number of benzene rings is 2. The largest absolute Gasteiger partial charge is 0.490 e. The predicted octanol–water partition coefficient (Wildman–Crippen LogP) is 6.59. The SMILES string of the molecule is CC(C)(C)C(c1cc(-c2cc(F)ccc2F)cn1Cc1ccccc1)N(CCCN)C(=O)CSCCC(=O)O.O=C(O)C(F)(F)F. The fourth-order valence-corrected chi connectivity index (χ4v) is 5.48. The third kappa shape index (κ3) is 11.8. The molecule has 3 aromatic rings. The number of thioether (sulfide) groups is 1. The maximum atomic E-state index is 14.8. The Morgan fingerprint density at radius 2 is 1.63 bits per heavy atom. The molecule has 2 aromatic carbocycles. The van der Waals surface area contributed by atoms with E-state index in [2.05, 4.69) is 0 Å². The van der Waals surface area contributed by atoms with Crippen LogP contribution in [0, 0.1) is 17.0 Å². The van der Waals surface area contributed by atoms with Crippen LogP contribution < -0.4 is 5.73 Å². The number of nitrogens with zero attached hydrogens (tertiary/aromatic N) is 2. The van der Waals surface area contributed by atoms with Crippen LogP contribution in [0.25, 0.3) is 11.1 Å². The van der Waals surface area contributed by atoms with E-state index < -0.39 is 41.2 Å². The standard InChI is InChI=1S/C30H37F2N3O3S.C2HF3O2/c1-30(2,3)29(35(14-7-13-33)27(36)20-39-15-12-28(37)38)26-16-22(24-17-23(31)10-11-25(24)32)19-34(26)18-21-8-5-4-6-9-21;3-2(4,5)1(6)7/h4-6,8-11,16-17,19,29H,7,12-15,18,20,33H2,1-3H3,(H,37,38);(H,6,7). The highest BCUT2D eigenvalue weighted by atomic mass is 32.2. The Kier molecular flexibility index (Phi) is 14.3. The van der Waals surface area contributed by atoms with E-state index in [0.29, 0.717) is 37.4 Å². The van der Waals surface area contributed by atoms with E-state index in [1.54, 1.807) is 0 Å². The van der Waals surface area contributed by atoms with Crippen molar-refractivity contribution in [2.45, 2.75) is 52.4 Å². The summed E-state index contributed by atoms with van der Waals surface area (Å²) < 4.78 is 62.7. The summed E-state index contributed by atoms with van der Waals surface area (Å²) in [4.78, 5) is 35.2. The van der Waals surface area contributed by atoms with Crippen LogP contribution in [0.4, 0.5) is 22.0 Å². The van der Waals surface area contributed by atoms with E-state index in [1.807, 2.05) is 72.8 Å². The normalized spacial score (nSPS) is 12.2. The van der Waals surface area contributed by atoms with Crippen molar-refractivity contribution in [1.82, 2.24) is 9.47 Å². The summed E-state index contributed by atoms with van der Waals surface area (Å²) in [5, 5.41) is 16.1. The fraction of sp³-hybridized carbons (Fsp3) is 0.406. The van der Waals surface area contributed by atoms with Crippen LogP contribution in [0.15, 0.2) is 60.8 Å². The van der Waals surface area contributed by atoms with Gasteiger partial charge in [-0.1, -0.05) is 51.1 Å². The number of carbonyl (C=O) groups excluding carboxylic acids is 1. The molecule has 3 rings (SSSR count). The van der Waals surface area contributed by atoms with Gasteiger partial charge in [0, 0.05) is 41.9 Å². The van der Waals surface area contributed by atoms with Gasteiger partial charge in [-0.05, 0) is 48.2 Å². The summed E-state index contributed by atoms with van der Waals surface area (Å²) in [5.41, 5.74) is 7.90. The molecule has 0 aliphatic heterocycles. The number of hydrogen-bond acceptors (Lipinski definition) is 5. The van der Waals surface area contributed by atoms with Gasteiger partial charge in [0.1, 0.15) is 11.6 Å². The lowest BCUT2D eigenvalue weighted by Crippen LogP contribution is -2.44. The molecule has 252 valence electrons. The molecule has 4 N–H and O–H groups in total. The molecule has 0 spiro atoms. The molecule has 0 aliphatic carbocycles. The molecule has 8 nitrogen and oxygen atoms in total. The molecule has 0 saturated heterocycles. The molecule has 1 unspecified atom stereocenters. The number of carbonyl (C=O) groups is 3. The number of aromatic nitrogens is 1. The Labute approximate surface area is 268 Å². The molecule has 0 saturated carbocycles. The molecule has 14 heteroatoms. The summed E-state index contributed by atoms with van der Waals surface area (Å²) in [5.74, 6) is -4.38. The molecule has 0 fully saturated rings. The van der Waals surface area contributed by atoms with Gasteiger partial charge in [-0.3, -0.25) is 9.59 Å². The van der Waals surface area contributed by atoms with Crippen LogP contribution in [-0.2, 0) is 20.9 Å². The van der Waals surface area contributed by atoms with Crippen LogP contribution in [0.5, 0.6) is 0 Å². The van der Waals surface area contributed by atoms with Crippen LogP contribution in [0.2, 0.25) is 0 Å². The Balaban J connectivity index is 0.000000942. The average molecular weight is 672 g/mol. The second kappa shape index (κ2) is 17.1. The first-order valence-electron chi connectivity index (χ1n) is 14.2. The summed E-state index contributed by atoms with van der Waals surface area (Å²) in [6.07, 6.45) is -2.71. The number of alkyl halides is 3. The number of nitrogens with two attached hydrogens (primary N) is 1. The number of aliphatic carboxylic acids is 2. The van der Waals surface area contributed by atoms with Crippen molar-refractivity contribution in [1.29, 1.82) is 0 Å². The van der Waals surface area contributed by atoms with Gasteiger partial charge in [0.25, 0.3) is 0 Å². The third-order valence-electron chi connectivity index (χ3n) is 6.63. The zero-order chi connectivity index (χ0) is 34.7. The van der Waals surface area contributed by atoms with Crippen LogP contribution in [-0.4, -0.2) is 68.3 Å². The van der Waals surface area contributed by atoms with Gasteiger partial charge in [-0.15, -0.1) is 0 Å². The molecule has 0 radical (unpaired) electrons. The van der Waals surface area contributed by atoms with Crippen molar-refractivity contribution in [3.63, 3.8) is 0 Å². The van der Waals surface area contributed by atoms with Gasteiger partial charge in [0.2, 0.25) is 5.91 Å². The lowest BCUT2D eigenvalue weighted by atomic mass is 9.83. The van der Waals surface area contributed by atoms with Crippen molar-refractivity contribution in [3.8, 4) is 11.1 Å². The van der Waals surface area contributed by atoms with Crippen LogP contribution >= 0.6 is 11.8 Å². The first-order chi connectivity index (χ1) is 21.4. The molecular weight excluding hydrogens is 633 g/mol. The maximum absolute atomic E-state index is 14.8. The Morgan fingerprint density at radius 1 is 1.00 bits per heavy atom. The fourth-order valence-electron chi connectivity index (χ4n) is 4.67. The predicted molar refractivity (Wildman–Crippen MR) is 166 cm³/mol. The van der Waals surface area contributed by atoms with Gasteiger partial charge >= 0.3 is 18.1 Å². The molecule has 0 bridgehead atoms. The van der Waals surface area contributed by atoms with E-state index in [4.69, 9.17) is 20.7 Å². The minimum Gasteiger partial charge on any atom is -0.481 e. The smallest absolute Gasteiger partial charge is 0.481 e. The zero-order valence-corrected chi connectivity index (χ0v) is 26.5. The first-order valence-corrected chi connectivity index (χ1v) is 15.4. The van der Waals surface area contributed by atoms with Crippen molar-refractivity contribution in [2.24, 2.45) is 11.1 Å². The number of carboxylic acids is 2. The van der Waals surface area contributed by atoms with Crippen molar-refractivity contribution in [3.05, 3.63) is 83.7 Å². The van der Waals surface area contributed by atoms with Gasteiger partial charge in [0.05, 0.1) is 18.2 Å². The van der Waals surface area contributed by atoms with Crippen molar-refractivity contribution >= 4 is 29.6 Å².